The van der Waals surface area contributed by atoms with Gasteiger partial charge < -0.3 is 10.1 Å². The Morgan fingerprint density at radius 1 is 1.34 bits per heavy atom. The summed E-state index contributed by atoms with van der Waals surface area (Å²) < 4.78 is 48.6. The number of alkyl halides is 3. The zero-order valence-corrected chi connectivity index (χ0v) is 21.4. The third kappa shape index (κ3) is 4.27. The van der Waals surface area contributed by atoms with Gasteiger partial charge in [-0.25, -0.2) is 27.7 Å². The van der Waals surface area contributed by atoms with E-state index in [1.54, 1.807) is 23.7 Å². The van der Waals surface area contributed by atoms with Crippen LogP contribution in [0.2, 0.25) is 0 Å². The zero-order valence-electron chi connectivity index (χ0n) is 21.4. The molecule has 0 aliphatic carbocycles. The molecule has 6 heterocycles. The monoisotopic (exact) mass is 527 g/mol. The fourth-order valence-corrected chi connectivity index (χ4v) is 5.63. The Balaban J connectivity index is 0.00000308. The summed E-state index contributed by atoms with van der Waals surface area (Å²) in [5, 5.41) is 7.81. The molecular formula is C27H32F3N7O. The van der Waals surface area contributed by atoms with E-state index in [4.69, 9.17) is 9.72 Å². The maximum Gasteiger partial charge on any atom is 0.241 e. The van der Waals surface area contributed by atoms with Crippen molar-refractivity contribution in [2.24, 2.45) is 4.99 Å². The van der Waals surface area contributed by atoms with E-state index in [2.05, 4.69) is 38.8 Å². The van der Waals surface area contributed by atoms with Gasteiger partial charge in [-0.1, -0.05) is 6.58 Å². The van der Waals surface area contributed by atoms with Gasteiger partial charge in [0.15, 0.2) is 0 Å². The molecule has 3 atom stereocenters. The molecule has 2 fully saturated rings. The van der Waals surface area contributed by atoms with E-state index in [9.17, 15) is 8.78 Å². The van der Waals surface area contributed by atoms with E-state index < -0.39 is 24.6 Å². The average Bonchev–Trinajstić information content (AvgIpc) is 3.39. The Morgan fingerprint density at radius 3 is 2.84 bits per heavy atom. The summed E-state index contributed by atoms with van der Waals surface area (Å²) in [6, 6.07) is 5.12. The van der Waals surface area contributed by atoms with Gasteiger partial charge in [0.25, 0.3) is 0 Å². The van der Waals surface area contributed by atoms with Crippen LogP contribution >= 0.6 is 0 Å². The van der Waals surface area contributed by atoms with Gasteiger partial charge in [-0.15, -0.1) is 5.10 Å². The van der Waals surface area contributed by atoms with Crippen molar-refractivity contribution in [3.63, 3.8) is 0 Å². The minimum absolute atomic E-state index is 0. The van der Waals surface area contributed by atoms with Gasteiger partial charge >= 0.3 is 0 Å². The van der Waals surface area contributed by atoms with Gasteiger partial charge in [-0.05, 0) is 44.5 Å². The highest BCUT2D eigenvalue weighted by Gasteiger charge is 2.43. The highest BCUT2D eigenvalue weighted by molar-refractivity contribution is 5.96. The summed E-state index contributed by atoms with van der Waals surface area (Å²) in [5.41, 5.74) is 4.51. The molecule has 3 aromatic heterocycles. The number of nitrogens with zero attached hydrogens (tertiary/aromatic N) is 6. The highest BCUT2D eigenvalue weighted by Crippen LogP contribution is 2.39. The fourth-order valence-electron chi connectivity index (χ4n) is 5.63. The van der Waals surface area contributed by atoms with Crippen molar-refractivity contribution in [1.29, 1.82) is 0 Å². The normalized spacial score (nSPS) is 24.8. The summed E-state index contributed by atoms with van der Waals surface area (Å²) in [6.45, 7) is 10.1. The molecule has 0 bridgehead atoms. The second-order valence-electron chi connectivity index (χ2n) is 10.6. The van der Waals surface area contributed by atoms with Crippen LogP contribution in [-0.4, -0.2) is 80.7 Å². The van der Waals surface area contributed by atoms with Crippen LogP contribution in [0.4, 0.5) is 24.8 Å². The number of aliphatic imine (C=N–C) groups is 1. The van der Waals surface area contributed by atoms with E-state index in [0.29, 0.717) is 66.1 Å². The second kappa shape index (κ2) is 9.46. The Morgan fingerprint density at radius 2 is 2.16 bits per heavy atom. The number of rotatable bonds is 7. The number of nitrogens with one attached hydrogen (secondary N) is 1. The van der Waals surface area contributed by atoms with Crippen molar-refractivity contribution in [2.45, 2.75) is 56.8 Å². The maximum absolute atomic E-state index is 15.1. The van der Waals surface area contributed by atoms with Gasteiger partial charge in [-0.3, -0.25) is 9.89 Å². The molecule has 3 aliphatic rings. The van der Waals surface area contributed by atoms with Gasteiger partial charge in [0.1, 0.15) is 6.17 Å². The molecule has 202 valence electrons. The minimum Gasteiger partial charge on any atom is -0.377 e. The van der Waals surface area contributed by atoms with Crippen molar-refractivity contribution in [1.82, 2.24) is 24.5 Å². The number of fused-ring (bicyclic) bond motifs is 2. The molecule has 0 aromatic carbocycles. The molecule has 0 saturated carbocycles. The molecule has 3 aliphatic heterocycles. The van der Waals surface area contributed by atoms with Gasteiger partial charge in [0.05, 0.1) is 59.3 Å². The molecule has 0 radical (unpaired) electrons. The van der Waals surface area contributed by atoms with Crippen LogP contribution in [0.25, 0.3) is 22.9 Å². The standard InChI is InChI=1S/C27H30F3N7O.H2/c1-4-16-9-18(20-5-6-22-25(33-20)17(10-24(29)30)15(2)32-22)23-11-31-26(35-37(16)23)34-21-7-8-36(12-19(21)28)27(3)13-38-14-27;/h4-6,9,11,17,19,21,24H,1,7-8,10,12-14H2,2-3H3,(H,34,35);1H/t17?,19-,21+;/m1./s1. The van der Waals surface area contributed by atoms with Gasteiger partial charge in [0, 0.05) is 38.1 Å². The first-order chi connectivity index (χ1) is 18.3. The van der Waals surface area contributed by atoms with E-state index in [1.165, 1.54) is 0 Å². The molecule has 0 spiro atoms. The Hall–Kier alpha value is -3.31. The Bertz CT molecular complexity index is 1420. The SMILES string of the molecule is C=Cc1cc(-c2ccc3c(n2)C(CC(F)F)C(C)=N3)c2cnc(N[C@H]3CCN(C4(C)COC4)C[C@H]3F)nn12.[HH]. The van der Waals surface area contributed by atoms with Crippen molar-refractivity contribution in [3.8, 4) is 11.3 Å². The number of aromatic nitrogens is 4. The Labute approximate surface area is 220 Å². The van der Waals surface area contributed by atoms with Crippen molar-refractivity contribution >= 4 is 28.9 Å². The number of ether oxygens (including phenoxy) is 1. The predicted molar refractivity (Wildman–Crippen MR) is 142 cm³/mol. The lowest BCUT2D eigenvalue weighted by Gasteiger charge is -2.50. The zero-order chi connectivity index (χ0) is 26.6. The third-order valence-electron chi connectivity index (χ3n) is 7.92. The van der Waals surface area contributed by atoms with Gasteiger partial charge in [-0.2, -0.15) is 0 Å². The summed E-state index contributed by atoms with van der Waals surface area (Å²) in [6.07, 6.45) is 0.138. The molecule has 8 nitrogen and oxygen atoms in total. The van der Waals surface area contributed by atoms with E-state index in [0.717, 1.165) is 12.1 Å². The molecular weight excluding hydrogens is 495 g/mol. The van der Waals surface area contributed by atoms with E-state index in [-0.39, 0.29) is 13.4 Å². The summed E-state index contributed by atoms with van der Waals surface area (Å²) in [7, 11) is 0. The number of hydrogen-bond acceptors (Lipinski definition) is 7. The maximum atomic E-state index is 15.1. The molecule has 11 heteroatoms. The van der Waals surface area contributed by atoms with E-state index in [1.807, 2.05) is 18.2 Å². The number of pyridine rings is 1. The quantitative estimate of drug-likeness (QED) is 0.459. The molecule has 1 N–H and O–H groups in total. The second-order valence-corrected chi connectivity index (χ2v) is 10.6. The first kappa shape index (κ1) is 25.0. The van der Waals surface area contributed by atoms with Crippen molar-refractivity contribution < 1.29 is 19.3 Å². The molecule has 38 heavy (non-hydrogen) atoms. The molecule has 3 aromatic rings. The lowest BCUT2D eigenvalue weighted by molar-refractivity contribution is -0.142. The van der Waals surface area contributed by atoms with Crippen LogP contribution in [0.15, 0.2) is 36.0 Å². The topological polar surface area (TPSA) is 79.9 Å². The van der Waals surface area contributed by atoms with Crippen molar-refractivity contribution in [3.05, 3.63) is 42.4 Å². The lowest BCUT2D eigenvalue weighted by Crippen LogP contribution is -2.64. The van der Waals surface area contributed by atoms with Crippen LogP contribution in [0.1, 0.15) is 45.4 Å². The molecule has 6 rings (SSSR count). The summed E-state index contributed by atoms with van der Waals surface area (Å²) in [5.74, 6) is -0.186. The smallest absolute Gasteiger partial charge is 0.241 e. The third-order valence-corrected chi connectivity index (χ3v) is 7.92. The Kier molecular flexibility index (Phi) is 6.22. The van der Waals surface area contributed by atoms with Gasteiger partial charge in [0.2, 0.25) is 12.4 Å². The van der Waals surface area contributed by atoms with Crippen molar-refractivity contribution in [2.75, 3.05) is 31.6 Å². The number of anilines is 1. The van der Waals surface area contributed by atoms with Crippen LogP contribution in [0.5, 0.6) is 0 Å². The first-order valence-electron chi connectivity index (χ1n) is 12.8. The van der Waals surface area contributed by atoms with E-state index >= 15 is 4.39 Å². The van der Waals surface area contributed by atoms with Crippen LogP contribution in [-0.2, 0) is 4.74 Å². The molecule has 0 amide bonds. The highest BCUT2D eigenvalue weighted by atomic mass is 19.3. The molecule has 1 unspecified atom stereocenters. The molecule has 2 saturated heterocycles. The van der Waals surface area contributed by atoms with Crippen LogP contribution < -0.4 is 5.32 Å². The lowest BCUT2D eigenvalue weighted by atomic mass is 9.92. The van der Waals surface area contributed by atoms with Crippen LogP contribution in [0, 0.1) is 0 Å². The number of piperidine rings is 1. The summed E-state index contributed by atoms with van der Waals surface area (Å²) >= 11 is 0. The fraction of sp³-hybridized carbons (Fsp3) is 0.481. The largest absolute Gasteiger partial charge is 0.377 e. The first-order valence-corrected chi connectivity index (χ1v) is 12.8. The average molecular weight is 528 g/mol. The number of likely N-dealkylation sites (tertiary alicyclic amines) is 1. The predicted octanol–water partition coefficient (Wildman–Crippen LogP) is 5.14. The number of hydrogen-bond donors (Lipinski definition) is 1. The van der Waals surface area contributed by atoms with Crippen LogP contribution in [0.3, 0.4) is 0 Å². The number of halogens is 3. The minimum atomic E-state index is -2.45. The summed E-state index contributed by atoms with van der Waals surface area (Å²) in [4.78, 5) is 15.8.